The van der Waals surface area contributed by atoms with Crippen molar-refractivity contribution in [1.82, 2.24) is 30.7 Å². The molecule has 0 radical (unpaired) electrons. The average molecular weight is 1060 g/mol. The molecule has 1 fully saturated rings. The third-order valence-corrected chi connectivity index (χ3v) is 14.3. The van der Waals surface area contributed by atoms with E-state index in [2.05, 4.69) is 16.0 Å². The Bertz CT molecular complexity index is 1910. The summed E-state index contributed by atoms with van der Waals surface area (Å²) < 4.78 is 34.0. The number of nitrogens with zero attached hydrogens (tertiary/aromatic N) is 3. The van der Waals surface area contributed by atoms with E-state index in [1.165, 1.54) is 28.3 Å². The van der Waals surface area contributed by atoms with Crippen LogP contribution in [0.15, 0.2) is 30.3 Å². The molecule has 0 bridgehead atoms. The molecule has 75 heavy (non-hydrogen) atoms. The summed E-state index contributed by atoms with van der Waals surface area (Å²) in [6.07, 6.45) is -1.25. The Hall–Kier alpha value is -4.73. The van der Waals surface area contributed by atoms with Crippen LogP contribution in [-0.4, -0.2) is 184 Å². The van der Waals surface area contributed by atoms with Gasteiger partial charge in [0.05, 0.1) is 61.4 Å². The van der Waals surface area contributed by atoms with Crippen molar-refractivity contribution < 1.29 is 67.1 Å². The van der Waals surface area contributed by atoms with Crippen molar-refractivity contribution in [2.24, 2.45) is 23.7 Å². The van der Waals surface area contributed by atoms with Gasteiger partial charge in [-0.2, -0.15) is 0 Å². The monoisotopic (exact) mass is 1060 g/mol. The third-order valence-electron chi connectivity index (χ3n) is 14.3. The lowest BCUT2D eigenvalue weighted by atomic mass is 9.89. The maximum absolute atomic E-state index is 14.5. The van der Waals surface area contributed by atoms with Gasteiger partial charge in [0, 0.05) is 47.8 Å². The van der Waals surface area contributed by atoms with E-state index in [1.807, 2.05) is 73.5 Å². The van der Waals surface area contributed by atoms with Crippen LogP contribution in [0.3, 0.4) is 0 Å². The highest BCUT2D eigenvalue weighted by Gasteiger charge is 2.44. The number of esters is 2. The van der Waals surface area contributed by atoms with E-state index in [9.17, 15) is 38.7 Å². The van der Waals surface area contributed by atoms with Crippen LogP contribution in [0.4, 0.5) is 0 Å². The summed E-state index contributed by atoms with van der Waals surface area (Å²) in [6.45, 7) is 18.6. The average Bonchev–Trinajstić information content (AvgIpc) is 3.86. The highest BCUT2D eigenvalue weighted by molar-refractivity contribution is 5.90. The number of ether oxygens (including phenoxy) is 6. The zero-order valence-electron chi connectivity index (χ0n) is 47.9. The van der Waals surface area contributed by atoms with Gasteiger partial charge in [0.25, 0.3) is 0 Å². The molecule has 1 aromatic rings. The molecular weight excluding hydrogens is 969 g/mol. The van der Waals surface area contributed by atoms with E-state index in [0.29, 0.717) is 37.8 Å². The van der Waals surface area contributed by atoms with Gasteiger partial charge in [-0.25, -0.2) is 4.79 Å². The predicted molar refractivity (Wildman–Crippen MR) is 284 cm³/mol. The molecule has 4 N–H and O–H groups in total. The molecule has 5 amide bonds. The summed E-state index contributed by atoms with van der Waals surface area (Å²) in [7, 11) is 9.82. The van der Waals surface area contributed by atoms with Crippen molar-refractivity contribution in [3.63, 3.8) is 0 Å². The van der Waals surface area contributed by atoms with Crippen LogP contribution >= 0.6 is 0 Å². The Morgan fingerprint density at radius 2 is 1.45 bits per heavy atom. The first-order chi connectivity index (χ1) is 35.4. The van der Waals surface area contributed by atoms with Gasteiger partial charge in [0.1, 0.15) is 24.8 Å². The van der Waals surface area contributed by atoms with Gasteiger partial charge in [-0.1, -0.05) is 92.1 Å². The molecule has 428 valence electrons. The summed E-state index contributed by atoms with van der Waals surface area (Å²) in [6, 6.07) is 4.85. The lowest BCUT2D eigenvalue weighted by Gasteiger charge is -2.41. The topological polar surface area (TPSA) is 241 Å². The molecule has 1 saturated heterocycles. The lowest BCUT2D eigenvalue weighted by molar-refractivity contribution is -0.194. The summed E-state index contributed by atoms with van der Waals surface area (Å²) in [5.74, 6) is -3.96. The minimum atomic E-state index is -1.08. The van der Waals surface area contributed by atoms with E-state index < -0.39 is 96.6 Å². The van der Waals surface area contributed by atoms with Crippen LogP contribution in [0, 0.1) is 23.7 Å². The van der Waals surface area contributed by atoms with E-state index >= 15 is 0 Å². The number of carbonyl (C=O) groups is 7. The minimum absolute atomic E-state index is 0.00958. The van der Waals surface area contributed by atoms with Gasteiger partial charge in [0.15, 0.2) is 6.29 Å². The number of rotatable bonds is 34. The molecule has 0 spiro atoms. The Labute approximate surface area is 447 Å². The van der Waals surface area contributed by atoms with Gasteiger partial charge in [-0.3, -0.25) is 33.7 Å². The number of methoxy groups -OCH3 is 3. The number of aliphatic hydroxyl groups excluding tert-OH is 1. The first-order valence-corrected chi connectivity index (χ1v) is 26.8. The lowest BCUT2D eigenvalue weighted by Crippen LogP contribution is -2.59. The quantitative estimate of drug-likeness (QED) is 0.0553. The second kappa shape index (κ2) is 33.4. The second-order valence-electron chi connectivity index (χ2n) is 20.9. The summed E-state index contributed by atoms with van der Waals surface area (Å²) in [4.78, 5) is 101. The predicted octanol–water partition coefficient (Wildman–Crippen LogP) is 4.40. The highest BCUT2D eigenvalue weighted by Crippen LogP contribution is 2.31. The van der Waals surface area contributed by atoms with Crippen molar-refractivity contribution in [2.75, 3.05) is 62.2 Å². The summed E-state index contributed by atoms with van der Waals surface area (Å²) >= 11 is 0. The molecule has 1 aliphatic heterocycles. The zero-order valence-corrected chi connectivity index (χ0v) is 47.9. The minimum Gasteiger partial charge on any atom is -0.460 e. The Balaban J connectivity index is 2.17. The van der Waals surface area contributed by atoms with Crippen LogP contribution in [0.1, 0.15) is 132 Å². The summed E-state index contributed by atoms with van der Waals surface area (Å²) in [5, 5.41) is 18.1. The number of hydrogen-bond acceptors (Lipinski definition) is 15. The molecule has 1 aliphatic rings. The fourth-order valence-corrected chi connectivity index (χ4v) is 9.82. The van der Waals surface area contributed by atoms with Crippen LogP contribution in [0.2, 0.25) is 0 Å². The number of aliphatic hydroxyl groups is 1. The number of hydrogen-bond donors (Lipinski definition) is 4. The molecule has 2 rings (SSSR count). The van der Waals surface area contributed by atoms with Gasteiger partial charge in [-0.05, 0) is 76.9 Å². The van der Waals surface area contributed by atoms with Crippen molar-refractivity contribution in [2.45, 2.75) is 188 Å². The molecule has 0 saturated carbocycles. The smallest absolute Gasteiger partial charge is 0.329 e. The molecular formula is C55H94N6O14. The normalized spacial score (nSPS) is 18.6. The van der Waals surface area contributed by atoms with Crippen LogP contribution in [-0.2, 0) is 62.0 Å². The van der Waals surface area contributed by atoms with Crippen molar-refractivity contribution in [3.8, 4) is 0 Å². The molecule has 20 nitrogen and oxygen atoms in total. The first-order valence-electron chi connectivity index (χ1n) is 26.8. The van der Waals surface area contributed by atoms with Crippen molar-refractivity contribution >= 4 is 41.5 Å². The Morgan fingerprint density at radius 3 is 1.99 bits per heavy atom. The Kier molecular flexibility index (Phi) is 29.6. The fourth-order valence-electron chi connectivity index (χ4n) is 9.82. The van der Waals surface area contributed by atoms with E-state index in [-0.39, 0.29) is 74.4 Å². The number of carbonyl (C=O) groups excluding carboxylic acids is 7. The van der Waals surface area contributed by atoms with Gasteiger partial charge >= 0.3 is 11.9 Å². The maximum Gasteiger partial charge on any atom is 0.329 e. The molecule has 0 aliphatic carbocycles. The number of likely N-dealkylation sites (tertiary alicyclic amines) is 1. The van der Waals surface area contributed by atoms with E-state index in [1.54, 1.807) is 55.0 Å². The molecule has 1 aromatic carbocycles. The summed E-state index contributed by atoms with van der Waals surface area (Å²) in [5.41, 5.74) is 0.603. The standard InChI is InChI=1S/C55H94N6O14/c1-17-35(7)49(60(13)54(68)47(33(3)4)58-53(67)48(34(5)6)59(11)12)42(70-14)30-44(64)61-29-23-26-41(61)50(72-16)36(8)52(66)57-37(9)51(39-24-20-19-21-25-39)75-55(69)38(10)56-43(63)27-22-28-45(65)73-32-46(71-15)74-40(18-2)31-62/h19-21,24-25,33-38,40-42,46-51,62H,17-18,22-23,26-32H2,1-16H3,(H,56,63)(H,57,66)(H,58,67)/t35-,36+,37+,38+,40?,41-,42+,46?,47?,48-,49?,50+,51?/m0/s1. The van der Waals surface area contributed by atoms with Crippen LogP contribution in [0.5, 0.6) is 0 Å². The number of likely N-dealkylation sites (N-methyl/N-ethyl adjacent to an activating group) is 2. The largest absolute Gasteiger partial charge is 0.460 e. The van der Waals surface area contributed by atoms with Gasteiger partial charge < -0.3 is 59.3 Å². The molecule has 5 unspecified atom stereocenters. The molecule has 20 heteroatoms. The SMILES string of the molecule is CCC(CO)OC(COC(=O)CCCC(=O)N[C@H](C)C(=O)OC(c1ccccc1)[C@@H](C)NC(=O)[C@H](C)[C@@H](OC)[C@@H]1CCCN1C(=O)C[C@@H](OC)C([C@@H](C)CC)N(C)C(=O)C(NC(=O)[C@H](C(C)C)N(C)C)C(C)C)OC. The van der Waals surface area contributed by atoms with Gasteiger partial charge in [-0.15, -0.1) is 0 Å². The first kappa shape index (κ1) is 66.4. The number of nitrogens with one attached hydrogen (secondary N) is 3. The highest BCUT2D eigenvalue weighted by atomic mass is 16.7. The zero-order chi connectivity index (χ0) is 56.7. The number of benzene rings is 1. The van der Waals surface area contributed by atoms with Crippen LogP contribution < -0.4 is 16.0 Å². The van der Waals surface area contributed by atoms with E-state index in [4.69, 9.17) is 28.4 Å². The molecule has 1 heterocycles. The second-order valence-corrected chi connectivity index (χ2v) is 20.9. The molecule has 13 atom stereocenters. The van der Waals surface area contributed by atoms with Crippen molar-refractivity contribution in [3.05, 3.63) is 35.9 Å². The Morgan fingerprint density at radius 1 is 0.800 bits per heavy atom. The van der Waals surface area contributed by atoms with Crippen molar-refractivity contribution in [1.29, 1.82) is 0 Å². The third kappa shape index (κ3) is 20.3. The van der Waals surface area contributed by atoms with Gasteiger partial charge in [0.2, 0.25) is 29.5 Å². The molecule has 0 aromatic heterocycles. The maximum atomic E-state index is 14.5. The van der Waals surface area contributed by atoms with Crippen LogP contribution in [0.25, 0.3) is 0 Å². The fraction of sp³-hybridized carbons (Fsp3) is 0.764. The number of amides is 5. The van der Waals surface area contributed by atoms with E-state index in [0.717, 1.165) is 0 Å².